The predicted octanol–water partition coefficient (Wildman–Crippen LogP) is 2.36. The third-order valence-electron chi connectivity index (χ3n) is 5.40. The fraction of sp³-hybridized carbons (Fsp3) is 0.429. The number of likely N-dealkylation sites (N-methyl/N-ethyl adjacent to an activating group) is 1. The molecule has 0 aromatic carbocycles. The third kappa shape index (κ3) is 3.77. The first-order valence-electron chi connectivity index (χ1n) is 10.00. The lowest BCUT2D eigenvalue weighted by Gasteiger charge is -2.34. The van der Waals surface area contributed by atoms with Gasteiger partial charge in [0, 0.05) is 38.4 Å². The maximum atomic E-state index is 13.5. The maximum absolute atomic E-state index is 13.5. The summed E-state index contributed by atoms with van der Waals surface area (Å²) in [4.78, 5) is 37.7. The zero-order valence-electron chi connectivity index (χ0n) is 17.6. The second-order valence-corrected chi connectivity index (χ2v) is 9.70. The first kappa shape index (κ1) is 21.0. The average Bonchev–Trinajstić information content (AvgIpc) is 2.98. The van der Waals surface area contributed by atoms with Crippen LogP contribution in [0.3, 0.4) is 0 Å². The Morgan fingerprint density at radius 2 is 1.87 bits per heavy atom. The van der Waals surface area contributed by atoms with Gasteiger partial charge in [0.1, 0.15) is 15.8 Å². The number of thioether (sulfide) groups is 1. The Labute approximate surface area is 185 Å². The Morgan fingerprint density at radius 3 is 2.50 bits per heavy atom. The van der Waals surface area contributed by atoms with Crippen LogP contribution in [-0.4, -0.2) is 68.7 Å². The number of thiocarbonyl (C=S) groups is 1. The number of carbonyl (C=O) groups is 1. The van der Waals surface area contributed by atoms with Gasteiger partial charge >= 0.3 is 0 Å². The summed E-state index contributed by atoms with van der Waals surface area (Å²) in [6.07, 6.45) is 3.47. The van der Waals surface area contributed by atoms with E-state index in [-0.39, 0.29) is 17.5 Å². The second kappa shape index (κ2) is 8.13. The van der Waals surface area contributed by atoms with Crippen molar-refractivity contribution in [3.8, 4) is 0 Å². The van der Waals surface area contributed by atoms with Crippen LogP contribution in [0.1, 0.15) is 25.0 Å². The molecular weight excluding hydrogens is 418 g/mol. The van der Waals surface area contributed by atoms with Crippen molar-refractivity contribution >= 4 is 51.7 Å². The van der Waals surface area contributed by atoms with Gasteiger partial charge in [0.05, 0.1) is 10.5 Å². The zero-order valence-corrected chi connectivity index (χ0v) is 19.2. The van der Waals surface area contributed by atoms with E-state index in [1.165, 1.54) is 11.8 Å². The van der Waals surface area contributed by atoms with Crippen LogP contribution in [0.5, 0.6) is 0 Å². The zero-order chi connectivity index (χ0) is 21.6. The van der Waals surface area contributed by atoms with Crippen molar-refractivity contribution in [2.24, 2.45) is 0 Å². The molecule has 2 aliphatic rings. The fourth-order valence-corrected chi connectivity index (χ4v) is 5.19. The van der Waals surface area contributed by atoms with Gasteiger partial charge < -0.3 is 9.80 Å². The van der Waals surface area contributed by atoms with Crippen molar-refractivity contribution in [1.82, 2.24) is 19.2 Å². The molecule has 9 heteroatoms. The minimum absolute atomic E-state index is 0.0287. The molecule has 0 unspecified atom stereocenters. The van der Waals surface area contributed by atoms with Crippen LogP contribution in [-0.2, 0) is 4.79 Å². The lowest BCUT2D eigenvalue weighted by Crippen LogP contribution is -2.45. The summed E-state index contributed by atoms with van der Waals surface area (Å²) in [6.45, 7) is 9.14. The Morgan fingerprint density at radius 1 is 1.17 bits per heavy atom. The van der Waals surface area contributed by atoms with E-state index in [1.54, 1.807) is 21.6 Å². The highest BCUT2D eigenvalue weighted by molar-refractivity contribution is 8.26. The molecule has 2 saturated heterocycles. The minimum atomic E-state index is -0.174. The van der Waals surface area contributed by atoms with E-state index in [4.69, 9.17) is 17.2 Å². The van der Waals surface area contributed by atoms with Gasteiger partial charge in [-0.3, -0.25) is 18.9 Å². The number of amides is 1. The van der Waals surface area contributed by atoms with Gasteiger partial charge in [-0.15, -0.1) is 0 Å². The Kier molecular flexibility index (Phi) is 5.69. The number of hydrogen-bond acceptors (Lipinski definition) is 7. The van der Waals surface area contributed by atoms with Crippen molar-refractivity contribution in [2.45, 2.75) is 26.8 Å². The SMILES string of the molecule is Cc1ccc2nc(N3CCN(C)CC3)c(/C=C3/SC(=S)N(C(C)C)C3=O)c(=O)n2c1. The van der Waals surface area contributed by atoms with Crippen LogP contribution in [0.2, 0.25) is 0 Å². The largest absolute Gasteiger partial charge is 0.353 e. The van der Waals surface area contributed by atoms with Crippen LogP contribution in [0.15, 0.2) is 28.0 Å². The molecule has 0 bridgehead atoms. The summed E-state index contributed by atoms with van der Waals surface area (Å²) >= 11 is 6.64. The number of aromatic nitrogens is 2. The van der Waals surface area contributed by atoms with Gasteiger partial charge in [0.2, 0.25) is 0 Å². The smallest absolute Gasteiger partial charge is 0.267 e. The van der Waals surface area contributed by atoms with E-state index in [0.29, 0.717) is 26.3 Å². The Balaban J connectivity index is 1.88. The van der Waals surface area contributed by atoms with E-state index >= 15 is 0 Å². The molecular formula is C21H25N5O2S2. The molecule has 2 aliphatic heterocycles. The molecule has 2 fully saturated rings. The van der Waals surface area contributed by atoms with Crippen LogP contribution in [0.25, 0.3) is 11.7 Å². The van der Waals surface area contributed by atoms with E-state index in [2.05, 4.69) is 16.8 Å². The van der Waals surface area contributed by atoms with E-state index < -0.39 is 0 Å². The average molecular weight is 444 g/mol. The molecule has 4 rings (SSSR count). The molecule has 4 heterocycles. The first-order chi connectivity index (χ1) is 14.3. The van der Waals surface area contributed by atoms with Crippen molar-refractivity contribution in [3.63, 3.8) is 0 Å². The summed E-state index contributed by atoms with van der Waals surface area (Å²) in [6, 6.07) is 3.78. The molecule has 0 N–H and O–H groups in total. The van der Waals surface area contributed by atoms with Gasteiger partial charge in [-0.05, 0) is 45.5 Å². The molecule has 2 aromatic rings. The number of pyridine rings is 1. The number of piperazine rings is 1. The van der Waals surface area contributed by atoms with Crippen LogP contribution < -0.4 is 10.5 Å². The molecule has 2 aromatic heterocycles. The fourth-order valence-electron chi connectivity index (χ4n) is 3.69. The number of fused-ring (bicyclic) bond motifs is 1. The van der Waals surface area contributed by atoms with Crippen molar-refractivity contribution in [2.75, 3.05) is 38.1 Å². The van der Waals surface area contributed by atoms with Gasteiger partial charge in [-0.2, -0.15) is 0 Å². The van der Waals surface area contributed by atoms with Crippen molar-refractivity contribution < 1.29 is 4.79 Å². The maximum Gasteiger partial charge on any atom is 0.267 e. The summed E-state index contributed by atoms with van der Waals surface area (Å²) in [5.41, 5.74) is 1.83. The van der Waals surface area contributed by atoms with E-state index in [1.807, 2.05) is 32.9 Å². The molecule has 30 heavy (non-hydrogen) atoms. The van der Waals surface area contributed by atoms with E-state index in [9.17, 15) is 9.59 Å². The lowest BCUT2D eigenvalue weighted by molar-refractivity contribution is -0.123. The number of aryl methyl sites for hydroxylation is 1. The summed E-state index contributed by atoms with van der Waals surface area (Å²) in [7, 11) is 2.08. The monoisotopic (exact) mass is 443 g/mol. The molecule has 1 amide bonds. The highest BCUT2D eigenvalue weighted by Crippen LogP contribution is 2.34. The first-order valence-corrected chi connectivity index (χ1v) is 11.2. The van der Waals surface area contributed by atoms with Crippen LogP contribution in [0.4, 0.5) is 5.82 Å². The number of rotatable bonds is 3. The second-order valence-electron chi connectivity index (χ2n) is 8.02. The van der Waals surface area contributed by atoms with Gasteiger partial charge in [-0.25, -0.2) is 4.98 Å². The molecule has 0 aliphatic carbocycles. The normalized spacial score (nSPS) is 19.7. The predicted molar refractivity (Wildman–Crippen MR) is 126 cm³/mol. The molecule has 0 atom stereocenters. The number of carbonyl (C=O) groups excluding carboxylic acids is 1. The summed E-state index contributed by atoms with van der Waals surface area (Å²) < 4.78 is 2.08. The Hall–Kier alpha value is -2.23. The number of hydrogen-bond donors (Lipinski definition) is 0. The van der Waals surface area contributed by atoms with Crippen molar-refractivity contribution in [3.05, 3.63) is 44.7 Å². The topological polar surface area (TPSA) is 61.2 Å². The van der Waals surface area contributed by atoms with Crippen LogP contribution >= 0.6 is 24.0 Å². The molecule has 0 radical (unpaired) electrons. The number of anilines is 1. The minimum Gasteiger partial charge on any atom is -0.353 e. The molecule has 7 nitrogen and oxygen atoms in total. The summed E-state index contributed by atoms with van der Waals surface area (Å²) in [5.74, 6) is 0.477. The van der Waals surface area contributed by atoms with Gasteiger partial charge in [0.15, 0.2) is 0 Å². The highest BCUT2D eigenvalue weighted by Gasteiger charge is 2.34. The van der Waals surface area contributed by atoms with Crippen LogP contribution in [0, 0.1) is 6.92 Å². The van der Waals surface area contributed by atoms with Gasteiger partial charge in [0.25, 0.3) is 11.5 Å². The van der Waals surface area contributed by atoms with Crippen molar-refractivity contribution in [1.29, 1.82) is 0 Å². The summed E-state index contributed by atoms with van der Waals surface area (Å²) in [5, 5.41) is 0. The highest BCUT2D eigenvalue weighted by atomic mass is 32.2. The van der Waals surface area contributed by atoms with E-state index in [0.717, 1.165) is 31.7 Å². The Bertz CT molecular complexity index is 1120. The molecule has 0 spiro atoms. The van der Waals surface area contributed by atoms with Gasteiger partial charge in [-0.1, -0.05) is 30.0 Å². The number of nitrogens with zero attached hydrogens (tertiary/aromatic N) is 5. The quantitative estimate of drug-likeness (QED) is 0.533. The molecule has 158 valence electrons. The third-order valence-corrected chi connectivity index (χ3v) is 6.73. The standard InChI is InChI=1S/C21H25N5O2S2/c1-13(2)26-20(28)16(30-21(26)29)11-15-18(24-9-7-23(4)8-10-24)22-17-6-5-14(3)12-25(17)19(15)27/h5-6,11-13H,7-10H2,1-4H3/b16-11+. The lowest BCUT2D eigenvalue weighted by atomic mass is 10.2. The molecule has 0 saturated carbocycles.